The first-order valence-corrected chi connectivity index (χ1v) is 8.35. The monoisotopic (exact) mass is 324 g/mol. The fraction of sp³-hybridized carbons (Fsp3) is 0.278. The van der Waals surface area contributed by atoms with Crippen LogP contribution in [-0.2, 0) is 0 Å². The number of nitrogens with zero attached hydrogens (tertiary/aromatic N) is 2. The maximum Gasteiger partial charge on any atom is 0.170 e. The zero-order chi connectivity index (χ0) is 15.9. The van der Waals surface area contributed by atoms with Gasteiger partial charge in [-0.25, -0.2) is 0 Å². The third-order valence-corrected chi connectivity index (χ3v) is 4.07. The lowest BCUT2D eigenvalue weighted by Crippen LogP contribution is -2.35. The van der Waals surface area contributed by atoms with Gasteiger partial charge in [0.05, 0.1) is 11.4 Å². The molecule has 118 valence electrons. The first kappa shape index (κ1) is 15.6. The Kier molecular flexibility index (Phi) is 5.32. The number of nitrogens with one attached hydrogen (secondary N) is 2. The molecule has 0 saturated heterocycles. The lowest BCUT2D eigenvalue weighted by Gasteiger charge is -2.15. The molecule has 0 aliphatic heterocycles. The zero-order valence-electron chi connectivity index (χ0n) is 12.9. The van der Waals surface area contributed by atoms with Crippen LogP contribution in [-0.4, -0.2) is 11.2 Å². The van der Waals surface area contributed by atoms with Crippen molar-refractivity contribution in [2.24, 2.45) is 10.2 Å². The molecule has 1 fully saturated rings. The molecule has 0 unspecified atom stereocenters. The average molecular weight is 324 g/mol. The van der Waals surface area contributed by atoms with Gasteiger partial charge < -0.3 is 10.6 Å². The van der Waals surface area contributed by atoms with Crippen LogP contribution in [0.1, 0.15) is 25.7 Å². The van der Waals surface area contributed by atoms with E-state index in [9.17, 15) is 0 Å². The van der Waals surface area contributed by atoms with Crippen LogP contribution in [0.15, 0.2) is 64.8 Å². The fourth-order valence-electron chi connectivity index (χ4n) is 2.64. The van der Waals surface area contributed by atoms with Crippen LogP contribution in [0, 0.1) is 0 Å². The van der Waals surface area contributed by atoms with E-state index in [2.05, 4.69) is 20.9 Å². The second-order valence-electron chi connectivity index (χ2n) is 5.66. The van der Waals surface area contributed by atoms with E-state index in [1.807, 2.05) is 54.6 Å². The minimum Gasteiger partial charge on any atom is -0.360 e. The maximum absolute atomic E-state index is 5.36. The van der Waals surface area contributed by atoms with E-state index in [-0.39, 0.29) is 0 Å². The van der Waals surface area contributed by atoms with Crippen LogP contribution in [0.2, 0.25) is 0 Å². The lowest BCUT2D eigenvalue weighted by molar-refractivity contribution is 0.634. The number of rotatable bonds is 4. The Labute approximate surface area is 142 Å². The van der Waals surface area contributed by atoms with Crippen molar-refractivity contribution in [3.05, 3.63) is 54.6 Å². The molecule has 3 rings (SSSR count). The highest BCUT2D eigenvalue weighted by Crippen LogP contribution is 2.21. The highest BCUT2D eigenvalue weighted by Gasteiger charge is 2.15. The Morgan fingerprint density at radius 3 is 2.13 bits per heavy atom. The summed E-state index contributed by atoms with van der Waals surface area (Å²) in [5, 5.41) is 15.7. The molecule has 0 atom stereocenters. The smallest absolute Gasteiger partial charge is 0.170 e. The molecule has 0 amide bonds. The van der Waals surface area contributed by atoms with E-state index < -0.39 is 0 Å². The summed E-state index contributed by atoms with van der Waals surface area (Å²) in [4.78, 5) is 0. The first-order chi connectivity index (χ1) is 11.3. The number of anilines is 1. The Bertz CT molecular complexity index is 661. The summed E-state index contributed by atoms with van der Waals surface area (Å²) >= 11 is 5.36. The van der Waals surface area contributed by atoms with Crippen LogP contribution >= 0.6 is 12.2 Å². The minimum absolute atomic E-state index is 0.522. The van der Waals surface area contributed by atoms with Crippen molar-refractivity contribution in [3.63, 3.8) is 0 Å². The molecule has 0 bridgehead atoms. The Morgan fingerprint density at radius 1 is 0.870 bits per heavy atom. The molecule has 0 spiro atoms. The van der Waals surface area contributed by atoms with Gasteiger partial charge in [-0.15, -0.1) is 0 Å². The normalized spacial score (nSPS) is 15.0. The van der Waals surface area contributed by atoms with Crippen LogP contribution in [0.5, 0.6) is 0 Å². The highest BCUT2D eigenvalue weighted by atomic mass is 32.1. The largest absolute Gasteiger partial charge is 0.360 e. The first-order valence-electron chi connectivity index (χ1n) is 7.94. The van der Waals surface area contributed by atoms with E-state index in [1.165, 1.54) is 25.7 Å². The van der Waals surface area contributed by atoms with Gasteiger partial charge in [-0.2, -0.15) is 10.2 Å². The number of hydrogen-bond acceptors (Lipinski definition) is 3. The lowest BCUT2D eigenvalue weighted by atomic mass is 10.2. The van der Waals surface area contributed by atoms with E-state index in [4.69, 9.17) is 12.2 Å². The molecule has 0 heterocycles. The average Bonchev–Trinajstić information content (AvgIpc) is 3.08. The summed E-state index contributed by atoms with van der Waals surface area (Å²) in [6, 6.07) is 18.0. The van der Waals surface area contributed by atoms with Crippen LogP contribution in [0.3, 0.4) is 0 Å². The van der Waals surface area contributed by atoms with Gasteiger partial charge in [-0.3, -0.25) is 0 Å². The molecule has 1 aliphatic carbocycles. The highest BCUT2D eigenvalue weighted by molar-refractivity contribution is 7.80. The van der Waals surface area contributed by atoms with Crippen molar-refractivity contribution < 1.29 is 0 Å². The molecule has 2 aromatic rings. The molecule has 2 aromatic carbocycles. The molecular formula is C18H20N4S. The Hall–Kier alpha value is -2.27. The van der Waals surface area contributed by atoms with E-state index in [1.54, 1.807) is 0 Å². The summed E-state index contributed by atoms with van der Waals surface area (Å²) in [5.41, 5.74) is 2.62. The van der Waals surface area contributed by atoms with Gasteiger partial charge in [0.2, 0.25) is 0 Å². The molecule has 5 heteroatoms. The topological polar surface area (TPSA) is 48.8 Å². The minimum atomic E-state index is 0.522. The quantitative estimate of drug-likeness (QED) is 0.590. The maximum atomic E-state index is 5.36. The van der Waals surface area contributed by atoms with Gasteiger partial charge in [0.15, 0.2) is 5.11 Å². The van der Waals surface area contributed by atoms with Crippen molar-refractivity contribution >= 4 is 34.4 Å². The predicted octanol–water partition coefficient (Wildman–Crippen LogP) is 5.33. The Balaban J connectivity index is 1.54. The molecular weight excluding hydrogens is 304 g/mol. The summed E-state index contributed by atoms with van der Waals surface area (Å²) in [7, 11) is 0. The van der Waals surface area contributed by atoms with Gasteiger partial charge in [-0.1, -0.05) is 31.0 Å². The third kappa shape index (κ3) is 4.86. The zero-order valence-corrected chi connectivity index (χ0v) is 13.7. The summed E-state index contributed by atoms with van der Waals surface area (Å²) in [6.07, 6.45) is 5.00. The number of azo groups is 1. The van der Waals surface area contributed by atoms with Crippen LogP contribution in [0.4, 0.5) is 17.1 Å². The van der Waals surface area contributed by atoms with Gasteiger partial charge in [0.1, 0.15) is 0 Å². The molecule has 23 heavy (non-hydrogen) atoms. The van der Waals surface area contributed by atoms with Crippen molar-refractivity contribution in [2.45, 2.75) is 31.7 Å². The van der Waals surface area contributed by atoms with E-state index >= 15 is 0 Å². The summed E-state index contributed by atoms with van der Waals surface area (Å²) < 4.78 is 0. The summed E-state index contributed by atoms with van der Waals surface area (Å²) in [6.45, 7) is 0. The van der Waals surface area contributed by atoms with Crippen molar-refractivity contribution in [3.8, 4) is 0 Å². The predicted molar refractivity (Wildman–Crippen MR) is 98.7 cm³/mol. The van der Waals surface area contributed by atoms with Gasteiger partial charge in [0.25, 0.3) is 0 Å². The van der Waals surface area contributed by atoms with Crippen LogP contribution < -0.4 is 10.6 Å². The SMILES string of the molecule is S=C(Nc1ccc(N=Nc2ccccc2)cc1)NC1CCCC1. The van der Waals surface area contributed by atoms with E-state index in [0.29, 0.717) is 11.2 Å². The van der Waals surface area contributed by atoms with Gasteiger partial charge in [0, 0.05) is 11.7 Å². The number of thiocarbonyl (C=S) groups is 1. The second kappa shape index (κ2) is 7.83. The van der Waals surface area contributed by atoms with Gasteiger partial charge >= 0.3 is 0 Å². The van der Waals surface area contributed by atoms with Gasteiger partial charge in [-0.05, 0) is 61.5 Å². The molecule has 0 aromatic heterocycles. The summed E-state index contributed by atoms with van der Waals surface area (Å²) in [5.74, 6) is 0. The number of benzene rings is 2. The van der Waals surface area contributed by atoms with Crippen molar-refractivity contribution in [1.82, 2.24) is 5.32 Å². The fourth-order valence-corrected chi connectivity index (χ4v) is 2.93. The Morgan fingerprint density at radius 2 is 1.48 bits per heavy atom. The third-order valence-electron chi connectivity index (χ3n) is 3.85. The van der Waals surface area contributed by atoms with Crippen molar-refractivity contribution in [1.29, 1.82) is 0 Å². The number of hydrogen-bond donors (Lipinski definition) is 2. The molecule has 2 N–H and O–H groups in total. The van der Waals surface area contributed by atoms with E-state index in [0.717, 1.165) is 17.1 Å². The van der Waals surface area contributed by atoms with Crippen LogP contribution in [0.25, 0.3) is 0 Å². The molecule has 0 radical (unpaired) electrons. The molecule has 1 saturated carbocycles. The van der Waals surface area contributed by atoms with Crippen molar-refractivity contribution in [2.75, 3.05) is 5.32 Å². The molecule has 4 nitrogen and oxygen atoms in total. The standard InChI is InChI=1S/C18H20N4S/c23-18(19-14-6-4-5-7-14)20-15-10-12-17(13-11-15)22-21-16-8-2-1-3-9-16/h1-3,8-14H,4-7H2,(H2,19,20,23). The molecule has 1 aliphatic rings. The second-order valence-corrected chi connectivity index (χ2v) is 6.07.